The molecule has 2 saturated heterocycles. The average molecular weight is 523 g/mol. The highest BCUT2D eigenvalue weighted by molar-refractivity contribution is 6.00. The molecule has 8 heteroatoms. The number of carboxylic acids is 1. The van der Waals surface area contributed by atoms with Crippen LogP contribution >= 0.6 is 0 Å². The number of oxime groups is 1. The molecule has 5 rings (SSSR count). The highest BCUT2D eigenvalue weighted by atomic mass is 16.6. The summed E-state index contributed by atoms with van der Waals surface area (Å²) in [6.07, 6.45) is 16.3. The van der Waals surface area contributed by atoms with Gasteiger partial charge < -0.3 is 14.5 Å². The van der Waals surface area contributed by atoms with Crippen molar-refractivity contribution in [3.63, 3.8) is 0 Å². The Labute approximate surface area is 225 Å². The van der Waals surface area contributed by atoms with Crippen molar-refractivity contribution in [2.24, 2.45) is 5.16 Å². The Morgan fingerprint density at radius 1 is 0.921 bits per heavy atom. The lowest BCUT2D eigenvalue weighted by molar-refractivity contribution is -0.136. The summed E-state index contributed by atoms with van der Waals surface area (Å²) in [5.74, 6) is -0.944. The molecule has 3 fully saturated rings. The average Bonchev–Trinajstić information content (AvgIpc) is 3.04. The number of carbonyl (C=O) groups is 1. The lowest BCUT2D eigenvalue weighted by atomic mass is 9.79. The standard InChI is InChI=1S/C30H42N4O4/c1-38-32-26(17-18-28(35)36)29-30(37)34(27-16-9-8-15-25(27)31-29)24-19-22-13-10-14-23(20-24)33(22)21-11-6-4-2-3-5-7-12-21/h8-9,15-16,21-24H,2-7,10-14,17-20H2,1H3,(H,35,36)/t22-,23?,24?/m1/s1. The first-order valence-electron chi connectivity index (χ1n) is 14.7. The van der Waals surface area contributed by atoms with Gasteiger partial charge in [-0.2, -0.15) is 0 Å². The fourth-order valence-electron chi connectivity index (χ4n) is 7.35. The summed E-state index contributed by atoms with van der Waals surface area (Å²) < 4.78 is 1.95. The lowest BCUT2D eigenvalue weighted by Crippen LogP contribution is -2.57. The van der Waals surface area contributed by atoms with Crippen LogP contribution in [0.15, 0.2) is 34.2 Å². The fourth-order valence-corrected chi connectivity index (χ4v) is 7.35. The van der Waals surface area contributed by atoms with Gasteiger partial charge in [-0.15, -0.1) is 0 Å². The maximum atomic E-state index is 14.1. The van der Waals surface area contributed by atoms with Gasteiger partial charge in [0.1, 0.15) is 12.8 Å². The van der Waals surface area contributed by atoms with E-state index in [0.717, 1.165) is 23.9 Å². The molecule has 38 heavy (non-hydrogen) atoms. The first kappa shape index (κ1) is 26.9. The number of rotatable bonds is 7. The topological polar surface area (TPSA) is 97.0 Å². The molecule has 0 radical (unpaired) electrons. The highest BCUT2D eigenvalue weighted by Crippen LogP contribution is 2.42. The second kappa shape index (κ2) is 12.4. The maximum absolute atomic E-state index is 14.1. The molecule has 8 nitrogen and oxygen atoms in total. The van der Waals surface area contributed by atoms with E-state index >= 15 is 0 Å². The van der Waals surface area contributed by atoms with Gasteiger partial charge in [-0.25, -0.2) is 4.98 Å². The van der Waals surface area contributed by atoms with Crippen LogP contribution in [0.5, 0.6) is 0 Å². The molecule has 0 spiro atoms. The monoisotopic (exact) mass is 522 g/mol. The van der Waals surface area contributed by atoms with Gasteiger partial charge in [0.2, 0.25) is 0 Å². The van der Waals surface area contributed by atoms with Gasteiger partial charge in [-0.05, 0) is 50.7 Å². The Kier molecular flexibility index (Phi) is 8.77. The number of piperidine rings is 2. The van der Waals surface area contributed by atoms with Crippen LogP contribution in [0, 0.1) is 0 Å². The summed E-state index contributed by atoms with van der Waals surface area (Å²) in [6.45, 7) is 0. The van der Waals surface area contributed by atoms with Crippen LogP contribution < -0.4 is 5.56 Å². The van der Waals surface area contributed by atoms with Gasteiger partial charge in [0.25, 0.3) is 5.56 Å². The van der Waals surface area contributed by atoms with E-state index in [0.29, 0.717) is 23.8 Å². The first-order valence-corrected chi connectivity index (χ1v) is 14.7. The minimum absolute atomic E-state index is 0.0836. The van der Waals surface area contributed by atoms with E-state index in [1.54, 1.807) is 0 Å². The van der Waals surface area contributed by atoms with Crippen LogP contribution in [0.1, 0.15) is 108 Å². The van der Waals surface area contributed by atoms with Gasteiger partial charge in [0.05, 0.1) is 17.5 Å². The van der Waals surface area contributed by atoms with Crippen molar-refractivity contribution in [1.82, 2.24) is 14.5 Å². The third-order valence-corrected chi connectivity index (χ3v) is 8.96. The summed E-state index contributed by atoms with van der Waals surface area (Å²) in [4.78, 5) is 37.9. The van der Waals surface area contributed by atoms with Gasteiger partial charge >= 0.3 is 5.97 Å². The minimum atomic E-state index is -0.944. The number of para-hydroxylation sites is 2. The van der Waals surface area contributed by atoms with Crippen LogP contribution in [-0.2, 0) is 9.63 Å². The number of benzene rings is 1. The number of aromatic nitrogens is 2. The zero-order valence-corrected chi connectivity index (χ0v) is 22.7. The molecule has 1 aliphatic carbocycles. The third-order valence-electron chi connectivity index (χ3n) is 8.96. The van der Waals surface area contributed by atoms with Gasteiger partial charge in [-0.1, -0.05) is 62.2 Å². The number of hydrogen-bond donors (Lipinski definition) is 1. The number of hydrogen-bond acceptors (Lipinski definition) is 6. The van der Waals surface area contributed by atoms with E-state index in [1.165, 1.54) is 77.7 Å². The Bertz CT molecular complexity index is 1180. The van der Waals surface area contributed by atoms with Crippen LogP contribution in [-0.4, -0.2) is 56.5 Å². The predicted molar refractivity (Wildman–Crippen MR) is 149 cm³/mol. The highest BCUT2D eigenvalue weighted by Gasteiger charge is 2.42. The molecule has 1 aromatic heterocycles. The molecule has 1 N–H and O–H groups in total. The smallest absolute Gasteiger partial charge is 0.303 e. The summed E-state index contributed by atoms with van der Waals surface area (Å²) in [5.41, 5.74) is 1.88. The molecule has 2 bridgehead atoms. The largest absolute Gasteiger partial charge is 0.481 e. The molecule has 2 aliphatic heterocycles. The second-order valence-electron chi connectivity index (χ2n) is 11.4. The normalized spacial score (nSPS) is 25.9. The van der Waals surface area contributed by atoms with Gasteiger partial charge in [0, 0.05) is 30.6 Å². The van der Waals surface area contributed by atoms with E-state index in [1.807, 2.05) is 28.8 Å². The van der Waals surface area contributed by atoms with E-state index in [2.05, 4.69) is 15.0 Å². The van der Waals surface area contributed by atoms with Crippen molar-refractivity contribution in [3.05, 3.63) is 40.3 Å². The lowest BCUT2D eigenvalue weighted by Gasteiger charge is -2.53. The first-order chi connectivity index (χ1) is 18.6. The number of fused-ring (bicyclic) bond motifs is 3. The van der Waals surface area contributed by atoms with Crippen molar-refractivity contribution in [2.75, 3.05) is 7.11 Å². The van der Waals surface area contributed by atoms with Crippen molar-refractivity contribution in [2.45, 2.75) is 120 Å². The van der Waals surface area contributed by atoms with Crippen LogP contribution in [0.3, 0.4) is 0 Å². The van der Waals surface area contributed by atoms with E-state index in [-0.39, 0.29) is 30.1 Å². The zero-order chi connectivity index (χ0) is 26.5. The molecule has 3 heterocycles. The van der Waals surface area contributed by atoms with Gasteiger partial charge in [0.15, 0.2) is 5.69 Å². The molecular weight excluding hydrogens is 480 g/mol. The Morgan fingerprint density at radius 2 is 1.55 bits per heavy atom. The molecule has 1 aromatic carbocycles. The molecule has 2 aromatic rings. The molecule has 1 saturated carbocycles. The van der Waals surface area contributed by atoms with Crippen molar-refractivity contribution >= 4 is 22.7 Å². The second-order valence-corrected chi connectivity index (χ2v) is 11.4. The van der Waals surface area contributed by atoms with Crippen LogP contribution in [0.4, 0.5) is 0 Å². The minimum Gasteiger partial charge on any atom is -0.481 e. The third kappa shape index (κ3) is 5.80. The Hall–Kier alpha value is -2.74. The number of aliphatic carboxylic acids is 1. The molecule has 3 aliphatic rings. The summed E-state index contributed by atoms with van der Waals surface area (Å²) in [5, 5.41) is 13.3. The van der Waals surface area contributed by atoms with Crippen molar-refractivity contribution < 1.29 is 14.7 Å². The van der Waals surface area contributed by atoms with E-state index in [4.69, 9.17) is 4.84 Å². The number of carboxylic acid groups (broad SMARTS) is 1. The fraction of sp³-hybridized carbons (Fsp3) is 0.667. The molecule has 2 unspecified atom stereocenters. The maximum Gasteiger partial charge on any atom is 0.303 e. The molecule has 0 amide bonds. The van der Waals surface area contributed by atoms with Crippen LogP contribution in [0.2, 0.25) is 0 Å². The SMILES string of the molecule is CON=C(CCC(=O)O)c1nc2ccccc2n(C2CC3CCC[C@H](C2)N3C2CCCCCCCC2)c1=O. The molecule has 3 atom stereocenters. The van der Waals surface area contributed by atoms with Crippen molar-refractivity contribution in [3.8, 4) is 0 Å². The molecular formula is C30H42N4O4. The van der Waals surface area contributed by atoms with E-state index < -0.39 is 5.97 Å². The summed E-state index contributed by atoms with van der Waals surface area (Å²) >= 11 is 0. The zero-order valence-electron chi connectivity index (χ0n) is 22.7. The Morgan fingerprint density at radius 3 is 2.21 bits per heavy atom. The summed E-state index contributed by atoms with van der Waals surface area (Å²) in [7, 11) is 1.41. The van der Waals surface area contributed by atoms with Gasteiger partial charge in [-0.3, -0.25) is 14.5 Å². The summed E-state index contributed by atoms with van der Waals surface area (Å²) in [6, 6.07) is 9.54. The van der Waals surface area contributed by atoms with E-state index in [9.17, 15) is 14.7 Å². The number of nitrogens with zero attached hydrogens (tertiary/aromatic N) is 4. The van der Waals surface area contributed by atoms with Crippen LogP contribution in [0.25, 0.3) is 11.0 Å². The Balaban J connectivity index is 1.50. The molecule has 206 valence electrons. The predicted octanol–water partition coefficient (Wildman–Crippen LogP) is 5.67. The quantitative estimate of drug-likeness (QED) is 0.372. The van der Waals surface area contributed by atoms with Crippen molar-refractivity contribution in [1.29, 1.82) is 0 Å².